The fourth-order valence-corrected chi connectivity index (χ4v) is 1.77. The molecule has 1 N–H and O–H groups in total. The van der Waals surface area contributed by atoms with Crippen LogP contribution >= 0.6 is 0 Å². The summed E-state index contributed by atoms with van der Waals surface area (Å²) in [5.74, 6) is 0.235. The Hall–Kier alpha value is -0.860. The van der Waals surface area contributed by atoms with Gasteiger partial charge in [-0.25, -0.2) is 0 Å². The summed E-state index contributed by atoms with van der Waals surface area (Å²) in [4.78, 5) is 20.5. The zero-order valence-corrected chi connectivity index (χ0v) is 5.59. The molecule has 1 amide bonds. The maximum Gasteiger partial charge on any atom is 0.284 e. The molecule has 2 saturated carbocycles. The minimum absolute atomic E-state index is 0.0813. The third-order valence-electron chi connectivity index (χ3n) is 2.65. The SMILES string of the molecule is O=CC(=O)NC12CCC1C2. The molecule has 54 valence electrons. The molecule has 0 heterocycles. The molecule has 0 aromatic heterocycles. The lowest BCUT2D eigenvalue weighted by molar-refractivity contribution is -0.132. The smallest absolute Gasteiger partial charge is 0.284 e. The minimum atomic E-state index is -0.456. The van der Waals surface area contributed by atoms with E-state index in [0.717, 1.165) is 12.8 Å². The van der Waals surface area contributed by atoms with Gasteiger partial charge < -0.3 is 5.32 Å². The summed E-state index contributed by atoms with van der Waals surface area (Å²) in [5.41, 5.74) is 0.0813. The summed E-state index contributed by atoms with van der Waals surface area (Å²) < 4.78 is 0. The van der Waals surface area contributed by atoms with E-state index in [1.54, 1.807) is 0 Å². The molecule has 0 aliphatic heterocycles. The summed E-state index contributed by atoms with van der Waals surface area (Å²) in [6.45, 7) is 0. The van der Waals surface area contributed by atoms with Crippen LogP contribution in [0.3, 0.4) is 0 Å². The second-order valence-corrected chi connectivity index (χ2v) is 3.20. The van der Waals surface area contributed by atoms with Gasteiger partial charge in [0.15, 0.2) is 0 Å². The van der Waals surface area contributed by atoms with Gasteiger partial charge in [-0.2, -0.15) is 0 Å². The van der Waals surface area contributed by atoms with Crippen LogP contribution in [0.5, 0.6) is 0 Å². The third kappa shape index (κ3) is 0.602. The van der Waals surface area contributed by atoms with E-state index in [0.29, 0.717) is 12.2 Å². The Kier molecular flexibility index (Phi) is 0.938. The first kappa shape index (κ1) is 5.89. The van der Waals surface area contributed by atoms with Crippen molar-refractivity contribution in [2.45, 2.75) is 24.8 Å². The van der Waals surface area contributed by atoms with Crippen molar-refractivity contribution < 1.29 is 9.59 Å². The molecule has 0 aromatic carbocycles. The summed E-state index contributed by atoms with van der Waals surface area (Å²) in [7, 11) is 0. The molecule has 3 nitrogen and oxygen atoms in total. The number of aldehydes is 1. The van der Waals surface area contributed by atoms with Crippen LogP contribution in [0.1, 0.15) is 19.3 Å². The van der Waals surface area contributed by atoms with E-state index in [2.05, 4.69) is 5.32 Å². The average Bonchev–Trinajstić information content (AvgIpc) is 2.40. The fraction of sp³-hybridized carbons (Fsp3) is 0.714. The van der Waals surface area contributed by atoms with Crippen molar-refractivity contribution in [3.8, 4) is 0 Å². The van der Waals surface area contributed by atoms with Crippen molar-refractivity contribution in [1.29, 1.82) is 0 Å². The fourth-order valence-electron chi connectivity index (χ4n) is 1.77. The molecule has 2 aliphatic rings. The highest BCUT2D eigenvalue weighted by molar-refractivity contribution is 6.24. The Morgan fingerprint density at radius 1 is 1.70 bits per heavy atom. The van der Waals surface area contributed by atoms with Crippen LogP contribution in [0.25, 0.3) is 0 Å². The number of hydrogen-bond donors (Lipinski definition) is 1. The van der Waals surface area contributed by atoms with Gasteiger partial charge in [0.1, 0.15) is 0 Å². The van der Waals surface area contributed by atoms with Crippen LogP contribution in [0, 0.1) is 5.92 Å². The van der Waals surface area contributed by atoms with Gasteiger partial charge in [0.25, 0.3) is 5.91 Å². The molecule has 0 bridgehead atoms. The van der Waals surface area contributed by atoms with E-state index in [-0.39, 0.29) is 5.54 Å². The average molecular weight is 139 g/mol. The highest BCUT2D eigenvalue weighted by atomic mass is 16.2. The number of fused-ring (bicyclic) bond motifs is 1. The normalized spacial score (nSPS) is 41.0. The molecule has 3 heteroatoms. The first-order chi connectivity index (χ1) is 4.77. The van der Waals surface area contributed by atoms with E-state index in [1.165, 1.54) is 6.42 Å². The molecular weight excluding hydrogens is 130 g/mol. The molecule has 2 fully saturated rings. The van der Waals surface area contributed by atoms with E-state index in [4.69, 9.17) is 0 Å². The molecular formula is C7H9NO2. The van der Waals surface area contributed by atoms with E-state index < -0.39 is 5.91 Å². The lowest BCUT2D eigenvalue weighted by atomic mass is 9.93. The lowest BCUT2D eigenvalue weighted by Gasteiger charge is -2.25. The topological polar surface area (TPSA) is 46.2 Å². The Morgan fingerprint density at radius 2 is 2.50 bits per heavy atom. The largest absolute Gasteiger partial charge is 0.344 e. The standard InChI is InChI=1S/C7H9NO2/c9-4-6(10)8-7-2-1-5(7)3-7/h4-5H,1-3H2,(H,8,10). The molecule has 2 rings (SSSR count). The molecule has 10 heavy (non-hydrogen) atoms. The predicted octanol–water partition coefficient (Wildman–Crippen LogP) is -0.146. The number of amides is 1. The van der Waals surface area contributed by atoms with Gasteiger partial charge in [-0.3, -0.25) is 9.59 Å². The lowest BCUT2D eigenvalue weighted by Crippen LogP contribution is -2.43. The summed E-state index contributed by atoms with van der Waals surface area (Å²) in [5, 5.41) is 2.71. The van der Waals surface area contributed by atoms with Crippen LogP contribution in [0.4, 0.5) is 0 Å². The first-order valence-electron chi connectivity index (χ1n) is 3.54. The number of carbonyl (C=O) groups excluding carboxylic acids is 2. The third-order valence-corrected chi connectivity index (χ3v) is 2.65. The molecule has 0 saturated heterocycles. The molecule has 2 aliphatic carbocycles. The van der Waals surface area contributed by atoms with Gasteiger partial charge in [-0.1, -0.05) is 0 Å². The van der Waals surface area contributed by atoms with E-state index in [1.807, 2.05) is 0 Å². The van der Waals surface area contributed by atoms with Crippen molar-refractivity contribution in [2.75, 3.05) is 0 Å². The van der Waals surface area contributed by atoms with E-state index in [9.17, 15) is 9.59 Å². The molecule has 0 aromatic rings. The van der Waals surface area contributed by atoms with Crippen LogP contribution in [0.15, 0.2) is 0 Å². The van der Waals surface area contributed by atoms with Crippen LogP contribution in [0.2, 0.25) is 0 Å². The van der Waals surface area contributed by atoms with Gasteiger partial charge in [0.2, 0.25) is 6.29 Å². The van der Waals surface area contributed by atoms with Gasteiger partial charge in [-0.05, 0) is 25.2 Å². The first-order valence-corrected chi connectivity index (χ1v) is 3.54. The zero-order chi connectivity index (χ0) is 7.19. The monoisotopic (exact) mass is 139 g/mol. The Balaban J connectivity index is 1.92. The van der Waals surface area contributed by atoms with Crippen LogP contribution in [-0.2, 0) is 9.59 Å². The van der Waals surface area contributed by atoms with Crippen molar-refractivity contribution in [2.24, 2.45) is 5.92 Å². The number of carbonyl (C=O) groups is 2. The predicted molar refractivity (Wildman–Crippen MR) is 34.3 cm³/mol. The second kappa shape index (κ2) is 1.59. The number of hydrogen-bond acceptors (Lipinski definition) is 2. The number of rotatable bonds is 2. The van der Waals surface area contributed by atoms with Crippen LogP contribution in [-0.4, -0.2) is 17.7 Å². The molecule has 0 spiro atoms. The molecule has 2 atom stereocenters. The minimum Gasteiger partial charge on any atom is -0.344 e. The van der Waals surface area contributed by atoms with Crippen LogP contribution < -0.4 is 5.32 Å². The van der Waals surface area contributed by atoms with Gasteiger partial charge in [0, 0.05) is 5.54 Å². The maximum atomic E-state index is 10.6. The Labute approximate surface area is 58.8 Å². The summed E-state index contributed by atoms with van der Waals surface area (Å²) in [6.07, 6.45) is 3.73. The Bertz CT molecular complexity index is 198. The number of nitrogens with one attached hydrogen (secondary N) is 1. The van der Waals surface area contributed by atoms with Crippen molar-refractivity contribution in [3.05, 3.63) is 0 Å². The highest BCUT2D eigenvalue weighted by Gasteiger charge is 2.61. The second-order valence-electron chi connectivity index (χ2n) is 3.20. The van der Waals surface area contributed by atoms with Crippen molar-refractivity contribution >= 4 is 12.2 Å². The van der Waals surface area contributed by atoms with Crippen molar-refractivity contribution in [1.82, 2.24) is 5.32 Å². The quantitative estimate of drug-likeness (QED) is 0.427. The zero-order valence-electron chi connectivity index (χ0n) is 5.59. The molecule has 0 radical (unpaired) electrons. The summed E-state index contributed by atoms with van der Waals surface area (Å²) >= 11 is 0. The van der Waals surface area contributed by atoms with Gasteiger partial charge >= 0.3 is 0 Å². The Morgan fingerprint density at radius 3 is 2.80 bits per heavy atom. The molecule has 2 unspecified atom stereocenters. The van der Waals surface area contributed by atoms with E-state index >= 15 is 0 Å². The summed E-state index contributed by atoms with van der Waals surface area (Å²) in [6, 6.07) is 0. The van der Waals surface area contributed by atoms with Gasteiger partial charge in [-0.15, -0.1) is 0 Å². The van der Waals surface area contributed by atoms with Crippen molar-refractivity contribution in [3.63, 3.8) is 0 Å². The van der Waals surface area contributed by atoms with Gasteiger partial charge in [0.05, 0.1) is 0 Å². The maximum absolute atomic E-state index is 10.6. The highest BCUT2D eigenvalue weighted by Crippen LogP contribution is 2.59.